The number of rotatable bonds is 0. The lowest BCUT2D eigenvalue weighted by Crippen LogP contribution is -2.70. The molecule has 0 bridgehead atoms. The zero-order valence-corrected chi connectivity index (χ0v) is 23.1. The number of hydrogen-bond acceptors (Lipinski definition) is 4. The number of nitrogens with zero attached hydrogens (tertiary/aromatic N) is 5. The van der Waals surface area contributed by atoms with E-state index in [1.54, 1.807) is 0 Å². The molecule has 0 saturated carbocycles. The Balaban J connectivity index is 1.39. The van der Waals surface area contributed by atoms with Crippen LogP contribution in [0.1, 0.15) is 11.1 Å². The summed E-state index contributed by atoms with van der Waals surface area (Å²) in [7, 11) is 2.20. The SMILES string of the molecule is CN1c2ncccc2N2c3cccc4c3C3(c5c(ccc6c7cccc8c7n(c56)-c5c(ccc[n+]53)-c3ccccc3-8)O4)C12. The van der Waals surface area contributed by atoms with Crippen LogP contribution in [0.2, 0.25) is 0 Å². The summed E-state index contributed by atoms with van der Waals surface area (Å²) in [6.07, 6.45) is 4.12. The Kier molecular flexibility index (Phi) is 3.22. The summed E-state index contributed by atoms with van der Waals surface area (Å²) in [5, 5.41) is 2.53. The van der Waals surface area contributed by atoms with Gasteiger partial charge in [-0.25, -0.2) is 9.55 Å². The molecule has 12 rings (SSSR count). The molecule has 5 aliphatic heterocycles. The van der Waals surface area contributed by atoms with Gasteiger partial charge in [-0.3, -0.25) is 0 Å². The summed E-state index contributed by atoms with van der Waals surface area (Å²) in [5.74, 6) is 4.04. The van der Waals surface area contributed by atoms with Gasteiger partial charge in [-0.05, 0) is 65.7 Å². The van der Waals surface area contributed by atoms with E-state index in [4.69, 9.17) is 9.72 Å². The number of benzene rings is 4. The maximum Gasteiger partial charge on any atom is 0.296 e. The molecule has 6 nitrogen and oxygen atoms in total. The van der Waals surface area contributed by atoms with Crippen LogP contribution in [-0.4, -0.2) is 22.8 Å². The van der Waals surface area contributed by atoms with Crippen molar-refractivity contribution < 1.29 is 9.30 Å². The van der Waals surface area contributed by atoms with Crippen molar-refractivity contribution in [2.24, 2.45) is 0 Å². The topological polar surface area (TPSA) is 37.4 Å². The standard InChI is InChI=1S/C37H22N5O/c1-39-34-27(14-6-18-38-34)41-26-13-5-15-28-30(26)37(36(39)41)31-29(43-28)17-16-24-23-11-4-10-22-20-8-2-3-9-21(20)25-12-7-19-40(37)35(25)42(32(22)23)33(24)31/h2-19,36H,1H3/q+1. The molecule has 0 amide bonds. The molecule has 0 radical (unpaired) electrons. The van der Waals surface area contributed by atoms with E-state index >= 15 is 0 Å². The number of aromatic nitrogens is 3. The van der Waals surface area contributed by atoms with E-state index in [1.165, 1.54) is 66.7 Å². The van der Waals surface area contributed by atoms with Crippen molar-refractivity contribution in [2.45, 2.75) is 11.7 Å². The van der Waals surface area contributed by atoms with Gasteiger partial charge < -0.3 is 14.5 Å². The van der Waals surface area contributed by atoms with Crippen molar-refractivity contribution in [3.05, 3.63) is 121 Å². The molecule has 7 aromatic rings. The molecule has 4 aromatic carbocycles. The zero-order valence-electron chi connectivity index (χ0n) is 23.1. The van der Waals surface area contributed by atoms with Gasteiger partial charge in [-0.2, -0.15) is 4.57 Å². The Hall–Kier alpha value is -5.62. The highest BCUT2D eigenvalue weighted by atomic mass is 16.5. The lowest BCUT2D eigenvalue weighted by atomic mass is 9.76. The number of ether oxygens (including phenoxy) is 1. The monoisotopic (exact) mass is 552 g/mol. The van der Waals surface area contributed by atoms with Crippen LogP contribution < -0.4 is 19.1 Å². The van der Waals surface area contributed by atoms with E-state index in [-0.39, 0.29) is 6.17 Å². The molecule has 0 aliphatic carbocycles. The summed E-state index contributed by atoms with van der Waals surface area (Å²) in [6, 6.07) is 35.4. The van der Waals surface area contributed by atoms with Crippen LogP contribution in [0, 0.1) is 0 Å². The molecule has 200 valence electrons. The molecule has 3 aromatic heterocycles. The average molecular weight is 553 g/mol. The van der Waals surface area contributed by atoms with Crippen molar-refractivity contribution >= 4 is 39.0 Å². The first-order valence-electron chi connectivity index (χ1n) is 14.8. The maximum absolute atomic E-state index is 6.88. The van der Waals surface area contributed by atoms with Crippen LogP contribution >= 0.6 is 0 Å². The van der Waals surface area contributed by atoms with Crippen molar-refractivity contribution in [1.82, 2.24) is 9.55 Å². The van der Waals surface area contributed by atoms with Crippen LogP contribution in [0.4, 0.5) is 17.2 Å². The average Bonchev–Trinajstić information content (AvgIpc) is 3.63. The molecule has 0 N–H and O–H groups in total. The first-order valence-corrected chi connectivity index (χ1v) is 14.8. The van der Waals surface area contributed by atoms with Crippen molar-refractivity contribution in [3.63, 3.8) is 0 Å². The van der Waals surface area contributed by atoms with Crippen molar-refractivity contribution in [1.29, 1.82) is 0 Å². The fourth-order valence-corrected chi connectivity index (χ4v) is 9.25. The minimum atomic E-state index is -0.594. The lowest BCUT2D eigenvalue weighted by molar-refractivity contribution is -0.740. The van der Waals surface area contributed by atoms with E-state index in [1.807, 2.05) is 12.3 Å². The van der Waals surface area contributed by atoms with Crippen molar-refractivity contribution in [3.8, 4) is 39.6 Å². The molecule has 43 heavy (non-hydrogen) atoms. The Morgan fingerprint density at radius 2 is 1.47 bits per heavy atom. The van der Waals surface area contributed by atoms with Gasteiger partial charge in [-0.1, -0.05) is 42.5 Å². The predicted octanol–water partition coefficient (Wildman–Crippen LogP) is 7.25. The Morgan fingerprint density at radius 3 is 2.40 bits per heavy atom. The van der Waals surface area contributed by atoms with E-state index in [2.05, 4.69) is 123 Å². The molecule has 2 unspecified atom stereocenters. The van der Waals surface area contributed by atoms with Gasteiger partial charge in [0.15, 0.2) is 17.5 Å². The first-order chi connectivity index (χ1) is 21.3. The highest BCUT2D eigenvalue weighted by Gasteiger charge is 2.69. The highest BCUT2D eigenvalue weighted by molar-refractivity contribution is 6.18. The van der Waals surface area contributed by atoms with Crippen molar-refractivity contribution in [2.75, 3.05) is 16.8 Å². The number of pyridine rings is 2. The smallest absolute Gasteiger partial charge is 0.296 e. The van der Waals surface area contributed by atoms with Gasteiger partial charge >= 0.3 is 0 Å². The predicted molar refractivity (Wildman–Crippen MR) is 167 cm³/mol. The number of hydrogen-bond donors (Lipinski definition) is 0. The second kappa shape index (κ2) is 6.55. The normalized spacial score (nSPS) is 20.2. The van der Waals surface area contributed by atoms with Gasteiger partial charge in [0.1, 0.15) is 17.0 Å². The highest BCUT2D eigenvalue weighted by Crippen LogP contribution is 2.66. The fraction of sp³-hybridized carbons (Fsp3) is 0.0811. The van der Waals surface area contributed by atoms with Gasteiger partial charge in [0, 0.05) is 29.6 Å². The van der Waals surface area contributed by atoms with E-state index in [0.717, 1.165) is 23.0 Å². The number of para-hydroxylation sites is 1. The molecule has 2 atom stereocenters. The van der Waals surface area contributed by atoms with E-state index in [0.29, 0.717) is 0 Å². The number of likely N-dealkylation sites (N-methyl/N-ethyl adjacent to an activating group) is 1. The van der Waals surface area contributed by atoms with Crippen LogP contribution in [0.15, 0.2) is 109 Å². The minimum absolute atomic E-state index is 0.0805. The molecule has 6 heteroatoms. The molecule has 0 saturated heterocycles. The third-order valence-corrected chi connectivity index (χ3v) is 10.6. The van der Waals surface area contributed by atoms with Crippen LogP contribution in [-0.2, 0) is 5.54 Å². The largest absolute Gasteiger partial charge is 0.456 e. The lowest BCUT2D eigenvalue weighted by Gasteiger charge is -2.43. The Morgan fingerprint density at radius 1 is 0.698 bits per heavy atom. The van der Waals surface area contributed by atoms with Crippen LogP contribution in [0.25, 0.3) is 49.9 Å². The number of anilines is 3. The van der Waals surface area contributed by atoms with Gasteiger partial charge in [0.05, 0.1) is 34.3 Å². The summed E-state index contributed by atoms with van der Waals surface area (Å²) in [4.78, 5) is 9.79. The Bertz CT molecular complexity index is 2490. The fourth-order valence-electron chi connectivity index (χ4n) is 9.25. The first kappa shape index (κ1) is 21.1. The number of fused-ring (bicyclic) bond motifs is 8. The van der Waals surface area contributed by atoms with Crippen LogP contribution in [0.5, 0.6) is 11.5 Å². The third kappa shape index (κ3) is 1.98. The quantitative estimate of drug-likeness (QED) is 0.186. The third-order valence-electron chi connectivity index (χ3n) is 10.6. The Labute approximate surface area is 246 Å². The van der Waals surface area contributed by atoms with Gasteiger partial charge in [0.2, 0.25) is 5.54 Å². The summed E-state index contributed by atoms with van der Waals surface area (Å²) >= 11 is 0. The molecule has 5 aliphatic rings. The molecule has 8 heterocycles. The summed E-state index contributed by atoms with van der Waals surface area (Å²) in [5.41, 5.74) is 11.7. The van der Waals surface area contributed by atoms with Crippen LogP contribution in [0.3, 0.4) is 0 Å². The van der Waals surface area contributed by atoms with E-state index < -0.39 is 5.54 Å². The van der Waals surface area contributed by atoms with E-state index in [9.17, 15) is 0 Å². The summed E-state index contributed by atoms with van der Waals surface area (Å²) in [6.45, 7) is 0. The summed E-state index contributed by atoms with van der Waals surface area (Å²) < 4.78 is 12.0. The molecule has 1 spiro atoms. The molecular formula is C37H22N5O+. The minimum Gasteiger partial charge on any atom is -0.456 e. The molecule has 0 fully saturated rings. The van der Waals surface area contributed by atoms with Gasteiger partial charge in [0.25, 0.3) is 5.82 Å². The maximum atomic E-state index is 6.88. The van der Waals surface area contributed by atoms with Gasteiger partial charge in [-0.15, -0.1) is 0 Å². The zero-order chi connectivity index (χ0) is 27.8. The second-order valence-corrected chi connectivity index (χ2v) is 12.3. The molecular weight excluding hydrogens is 530 g/mol. The second-order valence-electron chi connectivity index (χ2n) is 12.3.